The molecule has 5 nitrogen and oxygen atoms in total. The zero-order chi connectivity index (χ0) is 24.5. The summed E-state index contributed by atoms with van der Waals surface area (Å²) in [4.78, 5) is 12.5. The molecule has 3 aromatic rings. The molecule has 0 aliphatic carbocycles. The van der Waals surface area contributed by atoms with Gasteiger partial charge in [-0.05, 0) is 61.7 Å². The number of hydrogen-bond acceptors (Lipinski definition) is 4. The molecule has 0 saturated carbocycles. The van der Waals surface area contributed by atoms with Crippen molar-refractivity contribution in [2.45, 2.75) is 33.5 Å². The van der Waals surface area contributed by atoms with E-state index < -0.39 is 0 Å². The molecular formula is C28H29ClN2O3. The van der Waals surface area contributed by atoms with E-state index in [1.54, 1.807) is 18.2 Å². The largest absolute Gasteiger partial charge is 0.488 e. The number of amides is 1. The Morgan fingerprint density at radius 1 is 1.09 bits per heavy atom. The smallest absolute Gasteiger partial charge is 0.248 e. The number of hydrogen-bond donors (Lipinski definition) is 3. The van der Waals surface area contributed by atoms with Gasteiger partial charge in [-0.1, -0.05) is 59.6 Å². The number of carbonyl (C=O) groups excluding carboxylic acids is 1. The summed E-state index contributed by atoms with van der Waals surface area (Å²) < 4.78 is 6.25. The Bertz CT molecular complexity index is 1200. The summed E-state index contributed by atoms with van der Waals surface area (Å²) in [6.45, 7) is 4.26. The Balaban J connectivity index is 1.92. The first kappa shape index (κ1) is 25.1. The third-order valence-corrected chi connectivity index (χ3v) is 5.45. The van der Waals surface area contributed by atoms with E-state index in [9.17, 15) is 9.90 Å². The van der Waals surface area contributed by atoms with E-state index >= 15 is 0 Å². The molecule has 4 N–H and O–H groups in total. The van der Waals surface area contributed by atoms with Crippen LogP contribution in [-0.2, 0) is 24.4 Å². The Hall–Kier alpha value is -3.54. The van der Waals surface area contributed by atoms with Crippen LogP contribution in [0.4, 0.5) is 11.4 Å². The van der Waals surface area contributed by atoms with Crippen LogP contribution in [0.15, 0.2) is 78.4 Å². The van der Waals surface area contributed by atoms with Gasteiger partial charge in [0.15, 0.2) is 0 Å². The zero-order valence-corrected chi connectivity index (χ0v) is 20.1. The second-order valence-corrected chi connectivity index (χ2v) is 8.53. The fraction of sp³-hybridized carbons (Fsp3) is 0.179. The molecule has 176 valence electrons. The van der Waals surface area contributed by atoms with Gasteiger partial charge in [0.25, 0.3) is 0 Å². The molecule has 0 aliphatic heterocycles. The third-order valence-electron chi connectivity index (χ3n) is 5.20. The molecular weight excluding hydrogens is 448 g/mol. The van der Waals surface area contributed by atoms with E-state index in [0.29, 0.717) is 35.2 Å². The fourth-order valence-electron chi connectivity index (χ4n) is 3.35. The maximum absolute atomic E-state index is 12.5. The van der Waals surface area contributed by atoms with Crippen molar-refractivity contribution in [1.29, 1.82) is 0 Å². The summed E-state index contributed by atoms with van der Waals surface area (Å²) in [6.07, 6.45) is 5.84. The number of halogens is 1. The van der Waals surface area contributed by atoms with Crippen LogP contribution in [0.5, 0.6) is 5.75 Å². The number of nitrogen functional groups attached to an aromatic ring is 1. The Morgan fingerprint density at radius 2 is 1.82 bits per heavy atom. The number of para-hydroxylation sites is 2. The number of ether oxygens (including phenoxy) is 1. The van der Waals surface area contributed by atoms with Crippen molar-refractivity contribution in [3.8, 4) is 5.75 Å². The minimum atomic E-state index is -0.307. The van der Waals surface area contributed by atoms with Gasteiger partial charge in [0.05, 0.1) is 18.0 Å². The highest BCUT2D eigenvalue weighted by atomic mass is 35.5. The van der Waals surface area contributed by atoms with Crippen LogP contribution in [0.3, 0.4) is 0 Å². The lowest BCUT2D eigenvalue weighted by atomic mass is 9.98. The van der Waals surface area contributed by atoms with Gasteiger partial charge < -0.3 is 20.9 Å². The molecule has 0 fully saturated rings. The predicted molar refractivity (Wildman–Crippen MR) is 140 cm³/mol. The van der Waals surface area contributed by atoms with E-state index in [4.69, 9.17) is 22.1 Å². The van der Waals surface area contributed by atoms with Gasteiger partial charge in [-0.2, -0.15) is 0 Å². The van der Waals surface area contributed by atoms with Gasteiger partial charge in [-0.15, -0.1) is 0 Å². The molecule has 34 heavy (non-hydrogen) atoms. The highest BCUT2D eigenvalue weighted by molar-refractivity contribution is 6.30. The van der Waals surface area contributed by atoms with Crippen LogP contribution < -0.4 is 15.8 Å². The number of aliphatic hydroxyl groups is 1. The minimum Gasteiger partial charge on any atom is -0.488 e. The standard InChI is InChI=1S/C28H29ClN2O3/c1-19(2)7-15-24-22(17-32)11-10-21(28(24)34-18-20-8-13-23(29)14-9-20)12-16-27(33)31-26-6-4-3-5-25(26)30/h3-14,16,32H,15,17-18,30H2,1-2H3,(H,31,33)/b16-12-. The molecule has 0 unspecified atom stereocenters. The average Bonchev–Trinajstić information content (AvgIpc) is 2.82. The molecule has 0 aromatic heterocycles. The van der Waals surface area contributed by atoms with Crippen LogP contribution >= 0.6 is 11.6 Å². The highest BCUT2D eigenvalue weighted by Gasteiger charge is 2.14. The van der Waals surface area contributed by atoms with Crippen LogP contribution in [0.2, 0.25) is 5.02 Å². The van der Waals surface area contributed by atoms with E-state index in [2.05, 4.69) is 11.4 Å². The quantitative estimate of drug-likeness (QED) is 0.196. The molecule has 0 bridgehead atoms. The molecule has 1 amide bonds. The lowest BCUT2D eigenvalue weighted by Gasteiger charge is -2.17. The first-order valence-corrected chi connectivity index (χ1v) is 11.3. The second kappa shape index (κ2) is 12.1. The maximum Gasteiger partial charge on any atom is 0.248 e. The number of rotatable bonds is 9. The summed E-state index contributed by atoms with van der Waals surface area (Å²) in [5.41, 5.74) is 11.5. The van der Waals surface area contributed by atoms with Gasteiger partial charge in [0, 0.05) is 22.2 Å². The SMILES string of the molecule is CC(C)=CCc1c(CO)ccc(/C=C\C(=O)Nc2ccccc2N)c1OCc1ccc(Cl)cc1. The summed E-state index contributed by atoms with van der Waals surface area (Å²) in [7, 11) is 0. The number of allylic oxidation sites excluding steroid dienone is 2. The molecule has 3 aromatic carbocycles. The molecule has 0 radical (unpaired) electrons. The van der Waals surface area contributed by atoms with Crippen molar-refractivity contribution in [2.24, 2.45) is 0 Å². The van der Waals surface area contributed by atoms with E-state index in [1.165, 1.54) is 6.08 Å². The van der Waals surface area contributed by atoms with E-state index in [-0.39, 0.29) is 12.5 Å². The number of benzene rings is 3. The van der Waals surface area contributed by atoms with Crippen LogP contribution in [0, 0.1) is 0 Å². The first-order valence-electron chi connectivity index (χ1n) is 11.0. The van der Waals surface area contributed by atoms with Gasteiger partial charge in [-0.3, -0.25) is 4.79 Å². The highest BCUT2D eigenvalue weighted by Crippen LogP contribution is 2.31. The van der Waals surface area contributed by atoms with E-state index in [1.807, 2.05) is 62.4 Å². The van der Waals surface area contributed by atoms with Gasteiger partial charge in [-0.25, -0.2) is 0 Å². The maximum atomic E-state index is 12.5. The molecule has 0 heterocycles. The minimum absolute atomic E-state index is 0.110. The topological polar surface area (TPSA) is 84.6 Å². The van der Waals surface area contributed by atoms with Gasteiger partial charge >= 0.3 is 0 Å². The third kappa shape index (κ3) is 6.98. The summed E-state index contributed by atoms with van der Waals surface area (Å²) in [5.74, 6) is 0.320. The lowest BCUT2D eigenvalue weighted by Crippen LogP contribution is -2.09. The molecule has 0 spiro atoms. The molecule has 0 saturated heterocycles. The number of aliphatic hydroxyl groups excluding tert-OH is 1. The number of nitrogens with one attached hydrogen (secondary N) is 1. The summed E-state index contributed by atoms with van der Waals surface area (Å²) in [6, 6.07) is 18.2. The molecule has 0 aliphatic rings. The van der Waals surface area contributed by atoms with Crippen LogP contribution in [0.1, 0.15) is 36.1 Å². The number of nitrogens with two attached hydrogens (primary N) is 1. The Labute approximate surface area is 205 Å². The van der Waals surface area contributed by atoms with Crippen molar-refractivity contribution in [1.82, 2.24) is 0 Å². The zero-order valence-electron chi connectivity index (χ0n) is 19.3. The predicted octanol–water partition coefficient (Wildman–Crippen LogP) is 6.15. The lowest BCUT2D eigenvalue weighted by molar-refractivity contribution is -0.111. The first-order chi connectivity index (χ1) is 16.4. The van der Waals surface area contributed by atoms with Gasteiger partial charge in [0.1, 0.15) is 12.4 Å². The van der Waals surface area contributed by atoms with Crippen molar-refractivity contribution >= 4 is 35.0 Å². The van der Waals surface area contributed by atoms with Crippen LogP contribution in [0.25, 0.3) is 6.08 Å². The second-order valence-electron chi connectivity index (χ2n) is 8.09. The molecule has 3 rings (SSSR count). The monoisotopic (exact) mass is 476 g/mol. The normalized spacial score (nSPS) is 10.8. The molecule has 6 heteroatoms. The number of carbonyl (C=O) groups is 1. The molecule has 0 atom stereocenters. The van der Waals surface area contributed by atoms with Crippen molar-refractivity contribution < 1.29 is 14.6 Å². The van der Waals surface area contributed by atoms with Crippen molar-refractivity contribution in [2.75, 3.05) is 11.1 Å². The average molecular weight is 477 g/mol. The van der Waals surface area contributed by atoms with Gasteiger partial charge in [0.2, 0.25) is 5.91 Å². The Morgan fingerprint density at radius 3 is 2.50 bits per heavy atom. The van der Waals surface area contributed by atoms with Crippen LogP contribution in [-0.4, -0.2) is 11.0 Å². The van der Waals surface area contributed by atoms with E-state index in [0.717, 1.165) is 27.8 Å². The summed E-state index contributed by atoms with van der Waals surface area (Å²) >= 11 is 6.00. The Kier molecular flexibility index (Phi) is 8.91. The van der Waals surface area contributed by atoms with Crippen molar-refractivity contribution in [3.63, 3.8) is 0 Å². The van der Waals surface area contributed by atoms with Crippen molar-refractivity contribution in [3.05, 3.63) is 106 Å². The fourth-order valence-corrected chi connectivity index (χ4v) is 3.48. The summed E-state index contributed by atoms with van der Waals surface area (Å²) in [5, 5.41) is 13.4. The number of anilines is 2.